The zero-order valence-corrected chi connectivity index (χ0v) is 17.6. The van der Waals surface area contributed by atoms with E-state index in [0.717, 1.165) is 51.3 Å². The van der Waals surface area contributed by atoms with Crippen LogP contribution in [0.4, 0.5) is 0 Å². The molecule has 4 aliphatic rings. The number of thioether (sulfide) groups is 1. The van der Waals surface area contributed by atoms with Crippen LogP contribution >= 0.6 is 34.7 Å². The van der Waals surface area contributed by atoms with Gasteiger partial charge in [-0.2, -0.15) is 0 Å². The Balaban J connectivity index is 1.10. The van der Waals surface area contributed by atoms with E-state index >= 15 is 0 Å². The van der Waals surface area contributed by atoms with Gasteiger partial charge in [0.25, 0.3) is 5.91 Å². The van der Waals surface area contributed by atoms with Gasteiger partial charge in [-0.15, -0.1) is 11.3 Å². The van der Waals surface area contributed by atoms with Crippen molar-refractivity contribution >= 4 is 50.8 Å². The lowest BCUT2D eigenvalue weighted by atomic mass is 9.39. The van der Waals surface area contributed by atoms with Crippen molar-refractivity contribution in [2.75, 3.05) is 5.75 Å². The van der Waals surface area contributed by atoms with Gasteiger partial charge in [0.1, 0.15) is 5.01 Å². The normalized spacial score (nSPS) is 28.0. The SMILES string of the molecule is O=C(NC12CC(c3nc4ccc(Cl)cc4s3)(C1)C2)c1ccc(SCC2CC2)o1. The molecule has 144 valence electrons. The molecule has 0 atom stereocenters. The van der Waals surface area contributed by atoms with Gasteiger partial charge in [-0.25, -0.2) is 4.98 Å². The van der Waals surface area contributed by atoms with Crippen molar-refractivity contribution in [1.82, 2.24) is 10.3 Å². The van der Waals surface area contributed by atoms with Crippen molar-refractivity contribution < 1.29 is 9.21 Å². The number of thiazole rings is 1. The standard InChI is InChI=1S/C21H19ClN2O2S2/c22-13-3-4-14-16(7-13)28-19(23-14)20-9-21(10-20,11-20)24-18(25)15-5-6-17(26-15)27-8-12-1-2-12/h3-7,12H,1-2,8-11H2,(H,24,25). The third kappa shape index (κ3) is 2.80. The van der Waals surface area contributed by atoms with Crippen LogP contribution in [0, 0.1) is 5.92 Å². The summed E-state index contributed by atoms with van der Waals surface area (Å²) in [6, 6.07) is 9.56. The molecule has 0 saturated heterocycles. The number of hydrogen-bond donors (Lipinski definition) is 1. The number of amides is 1. The van der Waals surface area contributed by atoms with Crippen LogP contribution in [0.15, 0.2) is 39.8 Å². The Labute approximate surface area is 176 Å². The van der Waals surface area contributed by atoms with Gasteiger partial charge in [-0.05, 0) is 68.4 Å². The zero-order valence-electron chi connectivity index (χ0n) is 15.2. The molecule has 2 bridgehead atoms. The number of carbonyl (C=O) groups excluding carboxylic acids is 1. The van der Waals surface area contributed by atoms with Crippen molar-refractivity contribution in [2.24, 2.45) is 5.92 Å². The van der Waals surface area contributed by atoms with Gasteiger partial charge in [0.05, 0.1) is 10.2 Å². The van der Waals surface area contributed by atoms with Crippen LogP contribution in [-0.4, -0.2) is 22.2 Å². The monoisotopic (exact) mass is 430 g/mol. The van der Waals surface area contributed by atoms with Crippen molar-refractivity contribution in [2.45, 2.75) is 48.2 Å². The minimum absolute atomic E-state index is 0.0826. The van der Waals surface area contributed by atoms with E-state index in [1.54, 1.807) is 29.2 Å². The molecular weight excluding hydrogens is 412 g/mol. The molecule has 4 fully saturated rings. The van der Waals surface area contributed by atoms with Gasteiger partial charge in [-0.1, -0.05) is 23.4 Å². The first-order chi connectivity index (χ1) is 13.5. The highest BCUT2D eigenvalue weighted by Gasteiger charge is 2.70. The molecule has 0 spiro atoms. The maximum Gasteiger partial charge on any atom is 0.287 e. The van der Waals surface area contributed by atoms with Gasteiger partial charge >= 0.3 is 0 Å². The summed E-state index contributed by atoms with van der Waals surface area (Å²) in [6.45, 7) is 0. The van der Waals surface area contributed by atoms with Gasteiger partial charge in [0.2, 0.25) is 0 Å². The van der Waals surface area contributed by atoms with Crippen molar-refractivity contribution in [3.63, 3.8) is 0 Å². The second-order valence-corrected chi connectivity index (χ2v) is 11.0. The summed E-state index contributed by atoms with van der Waals surface area (Å²) in [5.41, 5.74) is 1.07. The number of nitrogens with one attached hydrogen (secondary N) is 1. The Morgan fingerprint density at radius 1 is 1.29 bits per heavy atom. The number of fused-ring (bicyclic) bond motifs is 1. The van der Waals surface area contributed by atoms with Crippen LogP contribution in [0.5, 0.6) is 0 Å². The van der Waals surface area contributed by atoms with Crippen molar-refractivity contribution in [3.05, 3.63) is 46.1 Å². The number of furan rings is 1. The van der Waals surface area contributed by atoms with Gasteiger partial charge in [0, 0.05) is 21.7 Å². The fourth-order valence-corrected chi connectivity index (χ4v) is 7.05. The fraction of sp³-hybridized carbons (Fsp3) is 0.429. The lowest BCUT2D eigenvalue weighted by molar-refractivity contribution is -0.0811. The van der Waals surface area contributed by atoms with E-state index in [2.05, 4.69) is 5.32 Å². The molecule has 1 N–H and O–H groups in total. The number of carbonyl (C=O) groups is 1. The highest BCUT2D eigenvalue weighted by atomic mass is 35.5. The third-order valence-electron chi connectivity index (χ3n) is 6.18. The van der Waals surface area contributed by atoms with Crippen LogP contribution in [0.25, 0.3) is 10.2 Å². The molecule has 3 aromatic rings. The lowest BCUT2D eigenvalue weighted by Crippen LogP contribution is -2.76. The summed E-state index contributed by atoms with van der Waals surface area (Å²) in [7, 11) is 0. The van der Waals surface area contributed by atoms with E-state index in [1.807, 2.05) is 24.3 Å². The first-order valence-electron chi connectivity index (χ1n) is 9.64. The molecule has 7 heteroatoms. The predicted molar refractivity (Wildman–Crippen MR) is 113 cm³/mol. The second kappa shape index (κ2) is 6.00. The fourth-order valence-electron chi connectivity index (χ4n) is 4.58. The Bertz CT molecular complexity index is 1080. The molecule has 4 saturated carbocycles. The van der Waals surface area contributed by atoms with Gasteiger partial charge in [0.15, 0.2) is 10.9 Å². The number of benzene rings is 1. The summed E-state index contributed by atoms with van der Waals surface area (Å²) in [6.07, 6.45) is 5.54. The number of aromatic nitrogens is 1. The van der Waals surface area contributed by atoms with Crippen molar-refractivity contribution in [1.29, 1.82) is 0 Å². The lowest BCUT2D eigenvalue weighted by Gasteiger charge is -2.69. The Kier molecular flexibility index (Phi) is 3.72. The quantitative estimate of drug-likeness (QED) is 0.513. The molecule has 7 rings (SSSR count). The molecule has 0 radical (unpaired) electrons. The summed E-state index contributed by atoms with van der Waals surface area (Å²) >= 11 is 9.54. The van der Waals surface area contributed by atoms with Crippen molar-refractivity contribution in [3.8, 4) is 0 Å². The summed E-state index contributed by atoms with van der Waals surface area (Å²) in [5, 5.41) is 5.99. The maximum absolute atomic E-state index is 12.6. The number of rotatable bonds is 6. The van der Waals surface area contributed by atoms with E-state index in [-0.39, 0.29) is 16.9 Å². The Morgan fingerprint density at radius 2 is 2.11 bits per heavy atom. The van der Waals surface area contributed by atoms with Crippen LogP contribution < -0.4 is 5.32 Å². The molecule has 0 aliphatic heterocycles. The Hall–Kier alpha value is -1.50. The largest absolute Gasteiger partial charge is 0.445 e. The van der Waals surface area contributed by atoms with E-state index < -0.39 is 0 Å². The summed E-state index contributed by atoms with van der Waals surface area (Å²) in [5.74, 6) is 2.26. The van der Waals surface area contributed by atoms with E-state index in [9.17, 15) is 4.79 Å². The number of hydrogen-bond acceptors (Lipinski definition) is 5. The van der Waals surface area contributed by atoms with Gasteiger partial charge < -0.3 is 9.73 Å². The number of nitrogens with zero attached hydrogens (tertiary/aromatic N) is 1. The van der Waals surface area contributed by atoms with Crippen LogP contribution in [-0.2, 0) is 5.41 Å². The minimum Gasteiger partial charge on any atom is -0.445 e. The first-order valence-corrected chi connectivity index (χ1v) is 11.8. The minimum atomic E-state index is -0.0948. The summed E-state index contributed by atoms with van der Waals surface area (Å²) in [4.78, 5) is 17.4. The predicted octanol–water partition coefficient (Wildman–Crippen LogP) is 5.65. The second-order valence-electron chi connectivity index (χ2n) is 8.55. The van der Waals surface area contributed by atoms with Crippen LogP contribution in [0.1, 0.15) is 47.7 Å². The van der Waals surface area contributed by atoms with Crippen LogP contribution in [0.3, 0.4) is 0 Å². The summed E-state index contributed by atoms with van der Waals surface area (Å²) < 4.78 is 6.88. The van der Waals surface area contributed by atoms with Crippen LogP contribution in [0.2, 0.25) is 5.02 Å². The molecule has 1 amide bonds. The third-order valence-corrected chi connectivity index (χ3v) is 8.82. The maximum atomic E-state index is 12.6. The molecule has 28 heavy (non-hydrogen) atoms. The Morgan fingerprint density at radius 3 is 2.89 bits per heavy atom. The van der Waals surface area contributed by atoms with Gasteiger partial charge in [-0.3, -0.25) is 4.79 Å². The van der Waals surface area contributed by atoms with E-state index in [0.29, 0.717) is 5.76 Å². The van der Waals surface area contributed by atoms with E-state index in [4.69, 9.17) is 21.0 Å². The molecular formula is C21H19ClN2O2S2. The average molecular weight is 431 g/mol. The topological polar surface area (TPSA) is 55.1 Å². The molecule has 2 aromatic heterocycles. The molecule has 4 aliphatic carbocycles. The molecule has 4 nitrogen and oxygen atoms in total. The average Bonchev–Trinajstić information content (AvgIpc) is 3.15. The molecule has 0 unspecified atom stereocenters. The zero-order chi connectivity index (χ0) is 18.9. The smallest absolute Gasteiger partial charge is 0.287 e. The molecule has 1 aromatic carbocycles. The number of halogens is 1. The highest BCUT2D eigenvalue weighted by Crippen LogP contribution is 2.68. The van der Waals surface area contributed by atoms with E-state index in [1.165, 1.54) is 17.8 Å². The molecule has 2 heterocycles. The highest BCUT2D eigenvalue weighted by molar-refractivity contribution is 7.99. The first kappa shape index (κ1) is 17.4.